The number of carbonyl (C=O) groups excluding carboxylic acids is 2. The molecule has 0 spiro atoms. The predicted octanol–water partition coefficient (Wildman–Crippen LogP) is 0.536. The van der Waals surface area contributed by atoms with Crippen molar-refractivity contribution in [2.45, 2.75) is 31.7 Å². The summed E-state index contributed by atoms with van der Waals surface area (Å²) in [7, 11) is 0. The first-order chi connectivity index (χ1) is 9.22. The van der Waals surface area contributed by atoms with Gasteiger partial charge in [0.05, 0.1) is 0 Å². The highest BCUT2D eigenvalue weighted by molar-refractivity contribution is 6.39. The first-order valence-corrected chi connectivity index (χ1v) is 6.45. The van der Waals surface area contributed by atoms with Gasteiger partial charge in [-0.1, -0.05) is 24.3 Å². The standard InChI is InChI=1S/C14H15N3O2/c18-13-6-5-12(16-17-13)14(19)15-11-7-9-3-1-2-4-10(9)8-11/h1-4,11H,5-8H2,(H,15,19)(H,17,18). The largest absolute Gasteiger partial charge is 0.348 e. The molecule has 2 amide bonds. The van der Waals surface area contributed by atoms with Gasteiger partial charge in [0.1, 0.15) is 5.71 Å². The van der Waals surface area contributed by atoms with E-state index in [1.165, 1.54) is 11.1 Å². The zero-order chi connectivity index (χ0) is 13.2. The van der Waals surface area contributed by atoms with E-state index in [1.54, 1.807) is 0 Å². The van der Waals surface area contributed by atoms with Crippen molar-refractivity contribution in [1.82, 2.24) is 10.7 Å². The van der Waals surface area contributed by atoms with Crippen LogP contribution < -0.4 is 10.7 Å². The van der Waals surface area contributed by atoms with E-state index in [2.05, 4.69) is 28.0 Å². The molecule has 0 radical (unpaired) electrons. The van der Waals surface area contributed by atoms with E-state index in [0.717, 1.165) is 12.8 Å². The number of amides is 2. The van der Waals surface area contributed by atoms with Crippen molar-refractivity contribution in [3.05, 3.63) is 35.4 Å². The lowest BCUT2D eigenvalue weighted by Gasteiger charge is -2.15. The Labute approximate surface area is 111 Å². The highest BCUT2D eigenvalue weighted by Gasteiger charge is 2.25. The highest BCUT2D eigenvalue weighted by atomic mass is 16.2. The quantitative estimate of drug-likeness (QED) is 0.811. The minimum absolute atomic E-state index is 0.130. The van der Waals surface area contributed by atoms with Gasteiger partial charge in [0.2, 0.25) is 5.91 Å². The van der Waals surface area contributed by atoms with Crippen molar-refractivity contribution in [2.75, 3.05) is 0 Å². The molecule has 19 heavy (non-hydrogen) atoms. The lowest BCUT2D eigenvalue weighted by molar-refractivity contribution is -0.121. The molecule has 1 aliphatic carbocycles. The van der Waals surface area contributed by atoms with Crippen molar-refractivity contribution >= 4 is 17.5 Å². The minimum atomic E-state index is -0.169. The zero-order valence-electron chi connectivity index (χ0n) is 10.5. The number of rotatable bonds is 2. The second-order valence-corrected chi connectivity index (χ2v) is 4.94. The van der Waals surface area contributed by atoms with Crippen LogP contribution in [0.5, 0.6) is 0 Å². The Morgan fingerprint density at radius 3 is 2.47 bits per heavy atom. The maximum Gasteiger partial charge on any atom is 0.267 e. The Hall–Kier alpha value is -2.17. The fourth-order valence-electron chi connectivity index (χ4n) is 2.57. The van der Waals surface area contributed by atoms with Crippen LogP contribution in [0.4, 0.5) is 0 Å². The fourth-order valence-corrected chi connectivity index (χ4v) is 2.57. The van der Waals surface area contributed by atoms with Gasteiger partial charge in [0, 0.05) is 18.9 Å². The van der Waals surface area contributed by atoms with Crippen molar-refractivity contribution in [3.8, 4) is 0 Å². The maximum atomic E-state index is 12.0. The number of hydrogen-bond donors (Lipinski definition) is 2. The first kappa shape index (κ1) is 11.9. The average Bonchev–Trinajstić information content (AvgIpc) is 2.81. The van der Waals surface area contributed by atoms with Crippen LogP contribution in [0.2, 0.25) is 0 Å². The predicted molar refractivity (Wildman–Crippen MR) is 70.6 cm³/mol. The van der Waals surface area contributed by atoms with Gasteiger partial charge >= 0.3 is 0 Å². The van der Waals surface area contributed by atoms with Gasteiger partial charge in [0.15, 0.2) is 0 Å². The molecule has 1 aromatic rings. The first-order valence-electron chi connectivity index (χ1n) is 6.45. The Kier molecular flexibility index (Phi) is 3.03. The van der Waals surface area contributed by atoms with Crippen molar-refractivity contribution in [3.63, 3.8) is 0 Å². The third-order valence-corrected chi connectivity index (χ3v) is 3.55. The Morgan fingerprint density at radius 2 is 1.89 bits per heavy atom. The summed E-state index contributed by atoms with van der Waals surface area (Å²) in [5.74, 6) is -0.303. The van der Waals surface area contributed by atoms with E-state index in [4.69, 9.17) is 0 Å². The van der Waals surface area contributed by atoms with E-state index in [0.29, 0.717) is 18.6 Å². The number of hydrogen-bond acceptors (Lipinski definition) is 3. The van der Waals surface area contributed by atoms with Gasteiger partial charge in [0.25, 0.3) is 5.91 Å². The third-order valence-electron chi connectivity index (χ3n) is 3.55. The van der Waals surface area contributed by atoms with Crippen LogP contribution in [-0.4, -0.2) is 23.6 Å². The lowest BCUT2D eigenvalue weighted by Crippen LogP contribution is -2.42. The van der Waals surface area contributed by atoms with Gasteiger partial charge in [-0.25, -0.2) is 5.43 Å². The number of nitrogens with one attached hydrogen (secondary N) is 2. The molecule has 98 valence electrons. The molecule has 0 saturated carbocycles. The topological polar surface area (TPSA) is 70.6 Å². The summed E-state index contributed by atoms with van der Waals surface area (Å²) in [5, 5.41) is 6.80. The summed E-state index contributed by atoms with van der Waals surface area (Å²) < 4.78 is 0. The summed E-state index contributed by atoms with van der Waals surface area (Å²) >= 11 is 0. The van der Waals surface area contributed by atoms with Crippen LogP contribution in [0.1, 0.15) is 24.0 Å². The van der Waals surface area contributed by atoms with Crippen LogP contribution in [-0.2, 0) is 22.4 Å². The average molecular weight is 257 g/mol. The molecular formula is C14H15N3O2. The second-order valence-electron chi connectivity index (χ2n) is 4.94. The molecule has 3 rings (SSSR count). The molecule has 1 aromatic carbocycles. The summed E-state index contributed by atoms with van der Waals surface area (Å²) in [6, 6.07) is 8.36. The lowest BCUT2D eigenvalue weighted by atomic mass is 10.1. The van der Waals surface area contributed by atoms with E-state index in [-0.39, 0.29) is 17.9 Å². The third kappa shape index (κ3) is 2.50. The van der Waals surface area contributed by atoms with Crippen molar-refractivity contribution in [2.24, 2.45) is 5.10 Å². The Bertz CT molecular complexity index is 541. The number of carbonyl (C=O) groups is 2. The molecule has 0 unspecified atom stereocenters. The summed E-state index contributed by atoms with van der Waals surface area (Å²) in [6.07, 6.45) is 2.47. The fraction of sp³-hybridized carbons (Fsp3) is 0.357. The minimum Gasteiger partial charge on any atom is -0.348 e. The molecule has 0 fully saturated rings. The SMILES string of the molecule is O=C1CCC(C(=O)NC2Cc3ccccc3C2)=NN1. The molecule has 0 atom stereocenters. The van der Waals surface area contributed by atoms with Gasteiger partial charge in [-0.15, -0.1) is 0 Å². The van der Waals surface area contributed by atoms with Gasteiger partial charge in [-0.2, -0.15) is 5.10 Å². The molecule has 2 aliphatic rings. The summed E-state index contributed by atoms with van der Waals surface area (Å²) in [4.78, 5) is 23.0. The van der Waals surface area contributed by atoms with Crippen LogP contribution in [0.25, 0.3) is 0 Å². The smallest absolute Gasteiger partial charge is 0.267 e. The molecule has 5 nitrogen and oxygen atoms in total. The zero-order valence-corrected chi connectivity index (χ0v) is 10.5. The molecule has 5 heteroatoms. The molecule has 0 saturated heterocycles. The van der Waals surface area contributed by atoms with E-state index < -0.39 is 0 Å². The van der Waals surface area contributed by atoms with Gasteiger partial charge in [-0.05, 0) is 24.0 Å². The van der Waals surface area contributed by atoms with Crippen molar-refractivity contribution < 1.29 is 9.59 Å². The van der Waals surface area contributed by atoms with Gasteiger partial charge < -0.3 is 5.32 Å². The van der Waals surface area contributed by atoms with Crippen LogP contribution in [0, 0.1) is 0 Å². The molecule has 0 aromatic heterocycles. The number of benzene rings is 1. The molecular weight excluding hydrogens is 242 g/mol. The van der Waals surface area contributed by atoms with E-state index in [9.17, 15) is 9.59 Å². The molecule has 1 heterocycles. The van der Waals surface area contributed by atoms with E-state index in [1.807, 2.05) is 12.1 Å². The normalized spacial score (nSPS) is 18.5. The number of nitrogens with zero attached hydrogens (tertiary/aromatic N) is 1. The number of fused-ring (bicyclic) bond motifs is 1. The molecule has 0 bridgehead atoms. The monoisotopic (exact) mass is 257 g/mol. The summed E-state index contributed by atoms with van der Waals surface area (Å²) in [5.41, 5.74) is 5.35. The van der Waals surface area contributed by atoms with Gasteiger partial charge in [-0.3, -0.25) is 9.59 Å². The molecule has 2 N–H and O–H groups in total. The Balaban J connectivity index is 1.62. The van der Waals surface area contributed by atoms with Crippen LogP contribution in [0.3, 0.4) is 0 Å². The number of hydrazone groups is 1. The summed E-state index contributed by atoms with van der Waals surface area (Å²) in [6.45, 7) is 0. The van der Waals surface area contributed by atoms with Crippen molar-refractivity contribution in [1.29, 1.82) is 0 Å². The van der Waals surface area contributed by atoms with Crippen LogP contribution >= 0.6 is 0 Å². The molecule has 1 aliphatic heterocycles. The maximum absolute atomic E-state index is 12.0. The van der Waals surface area contributed by atoms with E-state index >= 15 is 0 Å². The highest BCUT2D eigenvalue weighted by Crippen LogP contribution is 2.21. The second kappa shape index (κ2) is 4.84. The Morgan fingerprint density at radius 1 is 1.21 bits per heavy atom. The van der Waals surface area contributed by atoms with Crippen LogP contribution in [0.15, 0.2) is 29.4 Å².